The van der Waals surface area contributed by atoms with Gasteiger partial charge in [-0.1, -0.05) is 25.1 Å². The summed E-state index contributed by atoms with van der Waals surface area (Å²) < 4.78 is 5.60. The zero-order valence-corrected chi connectivity index (χ0v) is 9.39. The largest absolute Gasteiger partial charge is 0.494 e. The molecular weight excluding hydrogens is 198 g/mol. The molecule has 16 heavy (non-hydrogen) atoms. The van der Waals surface area contributed by atoms with Crippen molar-refractivity contribution < 1.29 is 4.74 Å². The molecule has 1 heterocycles. The number of ether oxygens (including phenoxy) is 1. The Balaban J connectivity index is 2.22. The fourth-order valence-electron chi connectivity index (χ4n) is 1.52. The van der Waals surface area contributed by atoms with E-state index >= 15 is 0 Å². The van der Waals surface area contributed by atoms with E-state index in [9.17, 15) is 0 Å². The highest BCUT2D eigenvalue weighted by Gasteiger charge is 1.99. The molecule has 0 aliphatic rings. The molecule has 0 saturated carbocycles. The minimum absolute atomic E-state index is 0.760. The first-order valence-electron chi connectivity index (χ1n) is 5.53. The predicted octanol–water partition coefficient (Wildman–Crippen LogP) is 3.54. The van der Waals surface area contributed by atoms with Gasteiger partial charge < -0.3 is 4.74 Å². The first-order valence-corrected chi connectivity index (χ1v) is 5.53. The summed E-state index contributed by atoms with van der Waals surface area (Å²) in [5.74, 6) is 0.920. The smallest absolute Gasteiger partial charge is 0.119 e. The van der Waals surface area contributed by atoms with Gasteiger partial charge in [0.05, 0.1) is 6.61 Å². The molecule has 0 unspecified atom stereocenters. The molecule has 0 spiro atoms. The van der Waals surface area contributed by atoms with Gasteiger partial charge in [0.1, 0.15) is 5.75 Å². The van der Waals surface area contributed by atoms with E-state index in [-0.39, 0.29) is 0 Å². The minimum Gasteiger partial charge on any atom is -0.494 e. The van der Waals surface area contributed by atoms with E-state index in [0.717, 1.165) is 29.9 Å². The van der Waals surface area contributed by atoms with Gasteiger partial charge in [0.2, 0.25) is 0 Å². The van der Waals surface area contributed by atoms with Crippen molar-refractivity contribution in [1.82, 2.24) is 4.98 Å². The zero-order chi connectivity index (χ0) is 11.2. The third-order valence-corrected chi connectivity index (χ3v) is 2.30. The predicted molar refractivity (Wildman–Crippen MR) is 65.5 cm³/mol. The Kier molecular flexibility index (Phi) is 3.54. The minimum atomic E-state index is 0.760. The molecule has 82 valence electrons. The monoisotopic (exact) mass is 213 g/mol. The number of nitrogens with zero attached hydrogens (tertiary/aromatic N) is 1. The van der Waals surface area contributed by atoms with Crippen LogP contribution >= 0.6 is 0 Å². The maximum absolute atomic E-state index is 5.60. The molecule has 2 nitrogen and oxygen atoms in total. The third kappa shape index (κ3) is 2.60. The highest BCUT2D eigenvalue weighted by Crippen LogP contribution is 2.22. The van der Waals surface area contributed by atoms with Crippen molar-refractivity contribution in [3.8, 4) is 16.9 Å². The van der Waals surface area contributed by atoms with E-state index < -0.39 is 0 Å². The Morgan fingerprint density at radius 3 is 2.75 bits per heavy atom. The third-order valence-electron chi connectivity index (χ3n) is 2.30. The van der Waals surface area contributed by atoms with Crippen molar-refractivity contribution in [3.05, 3.63) is 48.8 Å². The molecule has 0 fully saturated rings. The highest BCUT2D eigenvalue weighted by molar-refractivity contribution is 5.63. The van der Waals surface area contributed by atoms with Crippen LogP contribution in [0.2, 0.25) is 0 Å². The van der Waals surface area contributed by atoms with E-state index in [1.54, 1.807) is 6.20 Å². The van der Waals surface area contributed by atoms with Crippen molar-refractivity contribution in [2.45, 2.75) is 13.3 Å². The lowest BCUT2D eigenvalue weighted by molar-refractivity contribution is 0.317. The number of rotatable bonds is 4. The maximum Gasteiger partial charge on any atom is 0.119 e. The molecule has 0 aliphatic heterocycles. The van der Waals surface area contributed by atoms with E-state index in [1.165, 1.54) is 0 Å². The lowest BCUT2D eigenvalue weighted by atomic mass is 10.1. The summed E-state index contributed by atoms with van der Waals surface area (Å²) in [7, 11) is 0. The summed E-state index contributed by atoms with van der Waals surface area (Å²) in [4.78, 5) is 4.11. The van der Waals surface area contributed by atoms with Crippen molar-refractivity contribution in [2.75, 3.05) is 6.61 Å². The summed E-state index contributed by atoms with van der Waals surface area (Å²) in [6.45, 7) is 2.86. The number of pyridine rings is 1. The quantitative estimate of drug-likeness (QED) is 0.775. The van der Waals surface area contributed by atoms with Crippen LogP contribution in [0.25, 0.3) is 11.1 Å². The van der Waals surface area contributed by atoms with Gasteiger partial charge in [0.25, 0.3) is 0 Å². The van der Waals surface area contributed by atoms with E-state index in [1.807, 2.05) is 36.5 Å². The Morgan fingerprint density at radius 2 is 2.00 bits per heavy atom. The molecule has 1 aromatic heterocycles. The molecule has 2 rings (SSSR count). The molecule has 2 aromatic rings. The molecule has 0 amide bonds. The Bertz CT molecular complexity index is 439. The topological polar surface area (TPSA) is 22.1 Å². The average molecular weight is 213 g/mol. The van der Waals surface area contributed by atoms with Gasteiger partial charge >= 0.3 is 0 Å². The first kappa shape index (κ1) is 10.7. The summed E-state index contributed by atoms with van der Waals surface area (Å²) in [5, 5.41) is 0. The summed E-state index contributed by atoms with van der Waals surface area (Å²) in [6.07, 6.45) is 4.66. The molecular formula is C14H15NO. The normalized spacial score (nSPS) is 10.1. The van der Waals surface area contributed by atoms with Crippen molar-refractivity contribution in [3.63, 3.8) is 0 Å². The van der Waals surface area contributed by atoms with Crippen LogP contribution < -0.4 is 4.74 Å². The lowest BCUT2D eigenvalue weighted by Gasteiger charge is -2.06. The van der Waals surface area contributed by atoms with E-state index in [2.05, 4.69) is 18.0 Å². The molecule has 0 atom stereocenters. The van der Waals surface area contributed by atoms with Crippen molar-refractivity contribution >= 4 is 0 Å². The Morgan fingerprint density at radius 1 is 1.12 bits per heavy atom. The highest BCUT2D eigenvalue weighted by atomic mass is 16.5. The number of benzene rings is 1. The average Bonchev–Trinajstić information content (AvgIpc) is 2.38. The molecule has 0 N–H and O–H groups in total. The molecule has 0 radical (unpaired) electrons. The van der Waals surface area contributed by atoms with Crippen LogP contribution in [0.15, 0.2) is 48.8 Å². The van der Waals surface area contributed by atoms with Crippen LogP contribution in [0.5, 0.6) is 5.75 Å². The van der Waals surface area contributed by atoms with Gasteiger partial charge in [0.15, 0.2) is 0 Å². The van der Waals surface area contributed by atoms with Crippen LogP contribution in [0.3, 0.4) is 0 Å². The van der Waals surface area contributed by atoms with Crippen LogP contribution in [-0.4, -0.2) is 11.6 Å². The Hall–Kier alpha value is -1.83. The Labute approximate surface area is 95.9 Å². The van der Waals surface area contributed by atoms with Crippen LogP contribution in [0.4, 0.5) is 0 Å². The van der Waals surface area contributed by atoms with Crippen LogP contribution in [0.1, 0.15) is 13.3 Å². The standard InChI is InChI=1S/C14H15NO/c1-2-9-16-14-7-3-5-12(10-14)13-6-4-8-15-11-13/h3-8,10-11H,2,9H2,1H3. The SMILES string of the molecule is CCCOc1cccc(-c2cccnc2)c1. The van der Waals surface area contributed by atoms with E-state index in [4.69, 9.17) is 4.74 Å². The summed E-state index contributed by atoms with van der Waals surface area (Å²) in [5.41, 5.74) is 2.26. The fraction of sp³-hybridized carbons (Fsp3) is 0.214. The van der Waals surface area contributed by atoms with Gasteiger partial charge in [-0.3, -0.25) is 4.98 Å². The molecule has 2 heteroatoms. The first-order chi connectivity index (χ1) is 7.90. The van der Waals surface area contributed by atoms with Crippen molar-refractivity contribution in [1.29, 1.82) is 0 Å². The molecule has 0 aliphatic carbocycles. The van der Waals surface area contributed by atoms with Gasteiger partial charge in [-0.05, 0) is 30.2 Å². The zero-order valence-electron chi connectivity index (χ0n) is 9.39. The van der Waals surface area contributed by atoms with Gasteiger partial charge in [-0.2, -0.15) is 0 Å². The van der Waals surface area contributed by atoms with Gasteiger partial charge in [-0.25, -0.2) is 0 Å². The molecule has 0 saturated heterocycles. The second-order valence-electron chi connectivity index (χ2n) is 3.62. The van der Waals surface area contributed by atoms with Crippen LogP contribution in [-0.2, 0) is 0 Å². The number of hydrogen-bond acceptors (Lipinski definition) is 2. The lowest BCUT2D eigenvalue weighted by Crippen LogP contribution is -1.94. The second kappa shape index (κ2) is 5.31. The summed E-state index contributed by atoms with van der Waals surface area (Å²) in [6, 6.07) is 12.1. The fourth-order valence-corrected chi connectivity index (χ4v) is 1.52. The van der Waals surface area contributed by atoms with Crippen molar-refractivity contribution in [2.24, 2.45) is 0 Å². The molecule has 0 bridgehead atoms. The maximum atomic E-state index is 5.60. The van der Waals surface area contributed by atoms with Crippen LogP contribution in [0, 0.1) is 0 Å². The van der Waals surface area contributed by atoms with E-state index in [0.29, 0.717) is 0 Å². The summed E-state index contributed by atoms with van der Waals surface area (Å²) >= 11 is 0. The van der Waals surface area contributed by atoms with Gasteiger partial charge in [0, 0.05) is 18.0 Å². The molecule has 1 aromatic carbocycles. The van der Waals surface area contributed by atoms with Gasteiger partial charge in [-0.15, -0.1) is 0 Å². The number of aromatic nitrogens is 1. The number of hydrogen-bond donors (Lipinski definition) is 0. The second-order valence-corrected chi connectivity index (χ2v) is 3.62.